The Bertz CT molecular complexity index is 627. The van der Waals surface area contributed by atoms with Crippen molar-refractivity contribution in [2.45, 2.75) is 43.9 Å². The van der Waals surface area contributed by atoms with Crippen molar-refractivity contribution in [3.63, 3.8) is 0 Å². The number of nitrogen functional groups attached to an aromatic ring is 1. The number of hydrogen-bond acceptors (Lipinski definition) is 3. The van der Waals surface area contributed by atoms with Gasteiger partial charge < -0.3 is 5.73 Å². The number of sulfonamides is 1. The fraction of sp³-hybridized carbons (Fsp3) is 0.625. The van der Waals surface area contributed by atoms with Crippen LogP contribution >= 0.6 is 0 Å². The lowest BCUT2D eigenvalue weighted by atomic mass is 9.89. The lowest BCUT2D eigenvalue weighted by Crippen LogP contribution is -2.31. The van der Waals surface area contributed by atoms with Crippen LogP contribution < -0.4 is 10.5 Å². The van der Waals surface area contributed by atoms with Crippen LogP contribution in [0.1, 0.15) is 38.2 Å². The molecule has 2 aliphatic rings. The van der Waals surface area contributed by atoms with Crippen LogP contribution in [0.2, 0.25) is 0 Å². The second-order valence-corrected chi connectivity index (χ2v) is 8.27. The van der Waals surface area contributed by atoms with Crippen molar-refractivity contribution < 1.29 is 8.42 Å². The molecule has 2 aliphatic carbocycles. The average Bonchev–Trinajstić information content (AvgIpc) is 3.07. The third-order valence-electron chi connectivity index (χ3n) is 5.23. The smallest absolute Gasteiger partial charge is 0.240 e. The fourth-order valence-electron chi connectivity index (χ4n) is 3.99. The van der Waals surface area contributed by atoms with E-state index in [1.807, 2.05) is 6.92 Å². The molecule has 0 radical (unpaired) electrons. The molecule has 1 aromatic carbocycles. The van der Waals surface area contributed by atoms with Crippen molar-refractivity contribution in [2.24, 2.45) is 17.8 Å². The first-order valence-electron chi connectivity index (χ1n) is 7.87. The maximum Gasteiger partial charge on any atom is 0.240 e. The van der Waals surface area contributed by atoms with Crippen LogP contribution in [0.15, 0.2) is 23.1 Å². The van der Waals surface area contributed by atoms with Gasteiger partial charge in [0.1, 0.15) is 0 Å². The van der Waals surface area contributed by atoms with E-state index in [0.717, 1.165) is 23.8 Å². The van der Waals surface area contributed by atoms with E-state index in [1.54, 1.807) is 18.2 Å². The molecule has 2 saturated carbocycles. The molecule has 0 aromatic heterocycles. The highest BCUT2D eigenvalue weighted by Gasteiger charge is 2.39. The van der Waals surface area contributed by atoms with Crippen LogP contribution in [0.3, 0.4) is 0 Å². The van der Waals surface area contributed by atoms with Gasteiger partial charge in [0.05, 0.1) is 4.90 Å². The first-order valence-corrected chi connectivity index (χ1v) is 9.36. The molecule has 4 nitrogen and oxygen atoms in total. The van der Waals surface area contributed by atoms with Gasteiger partial charge in [0, 0.05) is 12.2 Å². The largest absolute Gasteiger partial charge is 0.398 e. The van der Waals surface area contributed by atoms with Gasteiger partial charge >= 0.3 is 0 Å². The Morgan fingerprint density at radius 3 is 2.67 bits per heavy atom. The van der Waals surface area contributed by atoms with Gasteiger partial charge in [-0.1, -0.05) is 19.4 Å². The number of aryl methyl sites for hydroxylation is 1. The second-order valence-electron chi connectivity index (χ2n) is 6.50. The summed E-state index contributed by atoms with van der Waals surface area (Å²) in [6.07, 6.45) is 5.90. The van der Waals surface area contributed by atoms with Crippen LogP contribution in [0.4, 0.5) is 5.69 Å². The Hall–Kier alpha value is -1.07. The van der Waals surface area contributed by atoms with Crippen molar-refractivity contribution in [3.05, 3.63) is 23.8 Å². The highest BCUT2D eigenvalue weighted by Crippen LogP contribution is 2.48. The summed E-state index contributed by atoms with van der Waals surface area (Å²) in [5.41, 5.74) is 7.45. The molecule has 21 heavy (non-hydrogen) atoms. The van der Waals surface area contributed by atoms with E-state index in [2.05, 4.69) is 4.72 Å². The number of rotatable bonds is 5. The van der Waals surface area contributed by atoms with Gasteiger partial charge in [-0.05, 0) is 61.1 Å². The van der Waals surface area contributed by atoms with Crippen molar-refractivity contribution in [1.82, 2.24) is 4.72 Å². The van der Waals surface area contributed by atoms with E-state index in [0.29, 0.717) is 18.2 Å². The van der Waals surface area contributed by atoms with Crippen molar-refractivity contribution in [2.75, 3.05) is 12.3 Å². The second kappa shape index (κ2) is 5.61. The summed E-state index contributed by atoms with van der Waals surface area (Å²) in [4.78, 5) is 0.278. The topological polar surface area (TPSA) is 72.2 Å². The lowest BCUT2D eigenvalue weighted by Gasteiger charge is -2.21. The number of benzene rings is 1. The third-order valence-corrected chi connectivity index (χ3v) is 6.65. The van der Waals surface area contributed by atoms with E-state index < -0.39 is 10.0 Å². The molecule has 116 valence electrons. The molecular formula is C16H24N2O2S. The minimum Gasteiger partial charge on any atom is -0.398 e. The van der Waals surface area contributed by atoms with Gasteiger partial charge in [0.15, 0.2) is 0 Å². The molecule has 2 bridgehead atoms. The number of anilines is 1. The minimum atomic E-state index is -3.44. The zero-order valence-corrected chi connectivity index (χ0v) is 13.3. The molecule has 2 fully saturated rings. The first kappa shape index (κ1) is 14.9. The van der Waals surface area contributed by atoms with Gasteiger partial charge in [-0.25, -0.2) is 13.1 Å². The standard InChI is InChI=1S/C16H24N2O2S/c1-2-12-5-6-15(9-16(12)17)21(19,20)18-10-14-8-11-3-4-13(14)7-11/h5-6,9,11,13-14,18H,2-4,7-8,10,17H2,1H3. The summed E-state index contributed by atoms with van der Waals surface area (Å²) >= 11 is 0. The van der Waals surface area contributed by atoms with Gasteiger partial charge in [0.25, 0.3) is 0 Å². The van der Waals surface area contributed by atoms with Crippen LogP contribution in [0, 0.1) is 17.8 Å². The monoisotopic (exact) mass is 308 g/mol. The molecular weight excluding hydrogens is 284 g/mol. The van der Waals surface area contributed by atoms with Crippen LogP contribution in [-0.4, -0.2) is 15.0 Å². The number of fused-ring (bicyclic) bond motifs is 2. The Morgan fingerprint density at radius 2 is 2.10 bits per heavy atom. The van der Waals surface area contributed by atoms with E-state index in [-0.39, 0.29) is 4.90 Å². The predicted octanol–water partition coefficient (Wildman–Crippen LogP) is 2.55. The summed E-state index contributed by atoms with van der Waals surface area (Å²) in [5.74, 6) is 2.08. The predicted molar refractivity (Wildman–Crippen MR) is 84.4 cm³/mol. The quantitative estimate of drug-likeness (QED) is 0.821. The van der Waals surface area contributed by atoms with Crippen molar-refractivity contribution in [1.29, 1.82) is 0 Å². The molecule has 3 unspecified atom stereocenters. The summed E-state index contributed by atoms with van der Waals surface area (Å²) in [6.45, 7) is 2.58. The van der Waals surface area contributed by atoms with Gasteiger partial charge in [0.2, 0.25) is 10.0 Å². The summed E-state index contributed by atoms with van der Waals surface area (Å²) < 4.78 is 27.5. The van der Waals surface area contributed by atoms with E-state index in [4.69, 9.17) is 5.73 Å². The van der Waals surface area contributed by atoms with Gasteiger partial charge in [-0.2, -0.15) is 0 Å². The van der Waals surface area contributed by atoms with Gasteiger partial charge in [-0.15, -0.1) is 0 Å². The van der Waals surface area contributed by atoms with E-state index in [1.165, 1.54) is 25.7 Å². The fourth-order valence-corrected chi connectivity index (χ4v) is 5.12. The maximum atomic E-state index is 12.4. The maximum absolute atomic E-state index is 12.4. The van der Waals surface area contributed by atoms with Crippen molar-refractivity contribution >= 4 is 15.7 Å². The number of nitrogens with one attached hydrogen (secondary N) is 1. The van der Waals surface area contributed by atoms with Crippen LogP contribution in [0.5, 0.6) is 0 Å². The molecule has 0 spiro atoms. The molecule has 3 atom stereocenters. The van der Waals surface area contributed by atoms with Crippen molar-refractivity contribution in [3.8, 4) is 0 Å². The van der Waals surface area contributed by atoms with Gasteiger partial charge in [-0.3, -0.25) is 0 Å². The summed E-state index contributed by atoms with van der Waals surface area (Å²) in [5, 5.41) is 0. The van der Waals surface area contributed by atoms with E-state index in [9.17, 15) is 8.42 Å². The molecule has 5 heteroatoms. The summed E-state index contributed by atoms with van der Waals surface area (Å²) in [6, 6.07) is 5.03. The van der Waals surface area contributed by atoms with Crippen LogP contribution in [-0.2, 0) is 16.4 Å². The SMILES string of the molecule is CCc1ccc(S(=O)(=O)NCC2CC3CCC2C3)cc1N. The molecule has 1 aromatic rings. The zero-order chi connectivity index (χ0) is 15.0. The third kappa shape index (κ3) is 2.94. The zero-order valence-electron chi connectivity index (χ0n) is 12.5. The Balaban J connectivity index is 1.67. The molecule has 0 aliphatic heterocycles. The molecule has 3 N–H and O–H groups in total. The number of nitrogens with two attached hydrogens (primary N) is 1. The first-order chi connectivity index (χ1) is 9.99. The summed E-state index contributed by atoms with van der Waals surface area (Å²) in [7, 11) is -3.44. The highest BCUT2D eigenvalue weighted by molar-refractivity contribution is 7.89. The Morgan fingerprint density at radius 1 is 1.29 bits per heavy atom. The Labute approximate surface area is 127 Å². The Kier molecular flexibility index (Phi) is 3.97. The average molecular weight is 308 g/mol. The molecule has 0 heterocycles. The molecule has 0 amide bonds. The van der Waals surface area contributed by atoms with E-state index >= 15 is 0 Å². The number of hydrogen-bond donors (Lipinski definition) is 2. The molecule has 3 rings (SSSR count). The highest BCUT2D eigenvalue weighted by atomic mass is 32.2. The lowest BCUT2D eigenvalue weighted by molar-refractivity contribution is 0.333. The van der Waals surface area contributed by atoms with Crippen LogP contribution in [0.25, 0.3) is 0 Å². The normalized spacial score (nSPS) is 28.1. The minimum absolute atomic E-state index is 0.278. The molecule has 0 saturated heterocycles.